The Labute approximate surface area is 131 Å². The summed E-state index contributed by atoms with van der Waals surface area (Å²) in [5, 5.41) is 14.2. The Morgan fingerprint density at radius 2 is 1.86 bits per heavy atom. The van der Waals surface area contributed by atoms with Gasteiger partial charge in [0.05, 0.1) is 4.92 Å². The quantitative estimate of drug-likeness (QED) is 0.653. The zero-order chi connectivity index (χ0) is 15.4. The van der Waals surface area contributed by atoms with E-state index in [4.69, 9.17) is 0 Å². The van der Waals surface area contributed by atoms with Crippen molar-refractivity contribution in [2.24, 2.45) is 0 Å². The minimum atomic E-state index is -0.363. The molecule has 1 N–H and O–H groups in total. The summed E-state index contributed by atoms with van der Waals surface area (Å²) in [6.45, 7) is 0.400. The lowest BCUT2D eigenvalue weighted by Crippen LogP contribution is -2.08. The van der Waals surface area contributed by atoms with E-state index >= 15 is 0 Å². The van der Waals surface area contributed by atoms with Gasteiger partial charge in [0.25, 0.3) is 5.69 Å². The van der Waals surface area contributed by atoms with Gasteiger partial charge in [-0.25, -0.2) is 0 Å². The Morgan fingerprint density at radius 1 is 1.19 bits per heavy atom. The Balaban J connectivity index is 2.12. The second-order valence-electron chi connectivity index (χ2n) is 4.82. The minimum absolute atomic E-state index is 0.121. The summed E-state index contributed by atoms with van der Waals surface area (Å²) in [6, 6.07) is 12.9. The SMILES string of the molecule is CN(C)c1ccc(NCc2cc(Br)ccc2[N+](=O)[O-])cc1. The molecule has 110 valence electrons. The summed E-state index contributed by atoms with van der Waals surface area (Å²) >= 11 is 3.34. The number of nitro groups is 1. The molecular weight excluding hydrogens is 334 g/mol. The lowest BCUT2D eigenvalue weighted by Gasteiger charge is -2.13. The predicted molar refractivity (Wildman–Crippen MR) is 88.9 cm³/mol. The molecule has 0 aromatic heterocycles. The van der Waals surface area contributed by atoms with Crippen LogP contribution in [0.15, 0.2) is 46.9 Å². The first-order valence-corrected chi connectivity index (χ1v) is 7.21. The number of hydrogen-bond donors (Lipinski definition) is 1. The number of rotatable bonds is 5. The predicted octanol–water partition coefficient (Wildman–Crippen LogP) is 4.04. The number of benzene rings is 2. The number of nitro benzene ring substituents is 1. The molecule has 0 aliphatic rings. The maximum absolute atomic E-state index is 11.0. The fourth-order valence-corrected chi connectivity index (χ4v) is 2.36. The molecule has 0 fully saturated rings. The molecule has 0 saturated heterocycles. The Morgan fingerprint density at radius 3 is 2.43 bits per heavy atom. The van der Waals surface area contributed by atoms with E-state index in [-0.39, 0.29) is 10.6 Å². The van der Waals surface area contributed by atoms with Gasteiger partial charge in [0, 0.05) is 48.1 Å². The molecule has 2 aromatic carbocycles. The third kappa shape index (κ3) is 3.95. The summed E-state index contributed by atoms with van der Waals surface area (Å²) in [6.07, 6.45) is 0. The first kappa shape index (κ1) is 15.3. The monoisotopic (exact) mass is 349 g/mol. The highest BCUT2D eigenvalue weighted by Crippen LogP contribution is 2.24. The molecule has 0 radical (unpaired) electrons. The molecule has 0 spiro atoms. The van der Waals surface area contributed by atoms with Crippen molar-refractivity contribution >= 4 is 33.0 Å². The van der Waals surface area contributed by atoms with Gasteiger partial charge in [-0.05, 0) is 36.4 Å². The van der Waals surface area contributed by atoms with Crippen LogP contribution in [0.1, 0.15) is 5.56 Å². The lowest BCUT2D eigenvalue weighted by molar-refractivity contribution is -0.385. The van der Waals surface area contributed by atoms with Crippen LogP contribution in [0.5, 0.6) is 0 Å². The van der Waals surface area contributed by atoms with Gasteiger partial charge < -0.3 is 10.2 Å². The van der Waals surface area contributed by atoms with E-state index in [2.05, 4.69) is 21.2 Å². The highest BCUT2D eigenvalue weighted by Gasteiger charge is 2.13. The molecule has 0 atom stereocenters. The van der Waals surface area contributed by atoms with Gasteiger partial charge in [0.15, 0.2) is 0 Å². The van der Waals surface area contributed by atoms with Crippen LogP contribution in [0, 0.1) is 10.1 Å². The van der Waals surface area contributed by atoms with E-state index in [1.807, 2.05) is 43.3 Å². The van der Waals surface area contributed by atoms with Crippen LogP contribution in [0.4, 0.5) is 17.1 Å². The lowest BCUT2D eigenvalue weighted by atomic mass is 10.1. The zero-order valence-corrected chi connectivity index (χ0v) is 13.4. The van der Waals surface area contributed by atoms with E-state index in [0.717, 1.165) is 15.8 Å². The van der Waals surface area contributed by atoms with E-state index < -0.39 is 0 Å². The number of halogens is 1. The molecule has 6 heteroatoms. The molecule has 0 amide bonds. The zero-order valence-electron chi connectivity index (χ0n) is 11.8. The van der Waals surface area contributed by atoms with Crippen molar-refractivity contribution in [3.8, 4) is 0 Å². The Hall–Kier alpha value is -2.08. The number of nitrogens with zero attached hydrogens (tertiary/aromatic N) is 2. The van der Waals surface area contributed by atoms with E-state index in [1.54, 1.807) is 12.1 Å². The highest BCUT2D eigenvalue weighted by atomic mass is 79.9. The molecular formula is C15H16BrN3O2. The average molecular weight is 350 g/mol. The normalized spacial score (nSPS) is 10.2. The Bertz CT molecular complexity index is 642. The first-order chi connectivity index (χ1) is 9.97. The van der Waals surface area contributed by atoms with Gasteiger partial charge in [-0.1, -0.05) is 15.9 Å². The van der Waals surface area contributed by atoms with Gasteiger partial charge in [-0.15, -0.1) is 0 Å². The van der Waals surface area contributed by atoms with Crippen molar-refractivity contribution in [1.82, 2.24) is 0 Å². The van der Waals surface area contributed by atoms with Crippen molar-refractivity contribution in [3.05, 3.63) is 62.6 Å². The van der Waals surface area contributed by atoms with E-state index in [9.17, 15) is 10.1 Å². The fraction of sp³-hybridized carbons (Fsp3) is 0.200. The molecule has 5 nitrogen and oxygen atoms in total. The van der Waals surface area contributed by atoms with Gasteiger partial charge >= 0.3 is 0 Å². The van der Waals surface area contributed by atoms with Crippen LogP contribution < -0.4 is 10.2 Å². The van der Waals surface area contributed by atoms with Crippen LogP contribution in [0.3, 0.4) is 0 Å². The van der Waals surface area contributed by atoms with Crippen molar-refractivity contribution in [2.45, 2.75) is 6.54 Å². The second kappa shape index (κ2) is 6.58. The molecule has 2 rings (SSSR count). The van der Waals surface area contributed by atoms with Gasteiger partial charge in [0.2, 0.25) is 0 Å². The minimum Gasteiger partial charge on any atom is -0.381 e. The summed E-state index contributed by atoms with van der Waals surface area (Å²) in [4.78, 5) is 12.7. The molecule has 2 aromatic rings. The Kier molecular flexibility index (Phi) is 4.80. The van der Waals surface area contributed by atoms with Gasteiger partial charge in [0.1, 0.15) is 0 Å². The van der Waals surface area contributed by atoms with Crippen molar-refractivity contribution in [1.29, 1.82) is 0 Å². The second-order valence-corrected chi connectivity index (χ2v) is 5.74. The molecule has 0 aliphatic heterocycles. The van der Waals surface area contributed by atoms with E-state index in [1.165, 1.54) is 6.07 Å². The summed E-state index contributed by atoms with van der Waals surface area (Å²) < 4.78 is 0.827. The third-order valence-corrected chi connectivity index (χ3v) is 3.60. The molecule has 21 heavy (non-hydrogen) atoms. The maximum Gasteiger partial charge on any atom is 0.274 e. The van der Waals surface area contributed by atoms with Crippen LogP contribution in [0.2, 0.25) is 0 Å². The maximum atomic E-state index is 11.0. The van der Waals surface area contributed by atoms with Gasteiger partial charge in [-0.2, -0.15) is 0 Å². The summed E-state index contributed by atoms with van der Waals surface area (Å²) in [7, 11) is 3.96. The standard InChI is InChI=1S/C15H16BrN3O2/c1-18(2)14-6-4-13(5-7-14)17-10-11-9-12(16)3-8-15(11)19(20)21/h3-9,17H,10H2,1-2H3. The smallest absolute Gasteiger partial charge is 0.274 e. The summed E-state index contributed by atoms with van der Waals surface area (Å²) in [5.74, 6) is 0. The van der Waals surface area contributed by atoms with Crippen LogP contribution in [0.25, 0.3) is 0 Å². The van der Waals surface area contributed by atoms with Crippen molar-refractivity contribution in [2.75, 3.05) is 24.3 Å². The largest absolute Gasteiger partial charge is 0.381 e. The molecule has 0 saturated carbocycles. The molecule has 0 aliphatic carbocycles. The molecule has 0 heterocycles. The van der Waals surface area contributed by atoms with Crippen LogP contribution in [-0.4, -0.2) is 19.0 Å². The number of anilines is 2. The summed E-state index contributed by atoms with van der Waals surface area (Å²) in [5.41, 5.74) is 2.80. The first-order valence-electron chi connectivity index (χ1n) is 6.41. The fourth-order valence-electron chi connectivity index (χ4n) is 1.95. The topological polar surface area (TPSA) is 58.4 Å². The van der Waals surface area contributed by atoms with Gasteiger partial charge in [-0.3, -0.25) is 10.1 Å². The number of hydrogen-bond acceptors (Lipinski definition) is 4. The molecule has 0 unspecified atom stereocenters. The van der Waals surface area contributed by atoms with Crippen molar-refractivity contribution in [3.63, 3.8) is 0 Å². The number of nitrogens with one attached hydrogen (secondary N) is 1. The van der Waals surface area contributed by atoms with E-state index in [0.29, 0.717) is 12.1 Å². The highest BCUT2D eigenvalue weighted by molar-refractivity contribution is 9.10. The van der Waals surface area contributed by atoms with Crippen LogP contribution in [-0.2, 0) is 6.54 Å². The third-order valence-electron chi connectivity index (χ3n) is 3.10. The van der Waals surface area contributed by atoms with Crippen LogP contribution >= 0.6 is 15.9 Å². The average Bonchev–Trinajstić information content (AvgIpc) is 2.45. The van der Waals surface area contributed by atoms with Crippen molar-refractivity contribution < 1.29 is 4.92 Å². The molecule has 0 bridgehead atoms.